The van der Waals surface area contributed by atoms with E-state index in [2.05, 4.69) is 20.8 Å². The molecule has 2 fully saturated rings. The molecule has 1 aliphatic carbocycles. The maximum Gasteiger partial charge on any atom is 0.0844 e. The zero-order chi connectivity index (χ0) is 9.47. The molecule has 0 radical (unpaired) electrons. The zero-order valence-corrected chi connectivity index (χ0v) is 9.18. The summed E-state index contributed by atoms with van der Waals surface area (Å²) in [7, 11) is 0. The van der Waals surface area contributed by atoms with E-state index in [0.29, 0.717) is 17.6 Å². The van der Waals surface area contributed by atoms with Crippen LogP contribution < -0.4 is 0 Å². The first-order valence-electron chi connectivity index (χ1n) is 5.70. The third kappa shape index (κ3) is 2.70. The lowest BCUT2D eigenvalue weighted by atomic mass is 9.81. The van der Waals surface area contributed by atoms with Crippen LogP contribution >= 0.6 is 0 Å². The van der Waals surface area contributed by atoms with Crippen molar-refractivity contribution in [2.45, 2.75) is 65.1 Å². The minimum Gasteiger partial charge on any atom is -0.370 e. The summed E-state index contributed by atoms with van der Waals surface area (Å²) in [5, 5.41) is 0. The third-order valence-corrected chi connectivity index (χ3v) is 3.42. The van der Waals surface area contributed by atoms with Crippen LogP contribution in [0.5, 0.6) is 0 Å². The molecular weight excluding hydrogens is 160 g/mol. The first-order valence-corrected chi connectivity index (χ1v) is 5.70. The predicted molar refractivity (Wildman–Crippen MR) is 54.7 cm³/mol. The molecule has 76 valence electrons. The first kappa shape index (κ1) is 9.51. The monoisotopic (exact) mass is 182 g/mol. The molecule has 0 aromatic rings. The third-order valence-electron chi connectivity index (χ3n) is 3.42. The van der Waals surface area contributed by atoms with Crippen molar-refractivity contribution in [1.82, 2.24) is 0 Å². The number of ether oxygens (including phenoxy) is 1. The Labute approximate surface area is 81.9 Å². The molecule has 1 saturated heterocycles. The molecule has 1 heterocycles. The number of hydrogen-bond donors (Lipinski definition) is 0. The molecule has 13 heavy (non-hydrogen) atoms. The summed E-state index contributed by atoms with van der Waals surface area (Å²) in [6, 6.07) is 0. The van der Waals surface area contributed by atoms with Gasteiger partial charge in [-0.05, 0) is 43.4 Å². The van der Waals surface area contributed by atoms with E-state index in [-0.39, 0.29) is 0 Å². The van der Waals surface area contributed by atoms with Gasteiger partial charge in [-0.3, -0.25) is 0 Å². The highest BCUT2D eigenvalue weighted by atomic mass is 16.6. The molecule has 3 unspecified atom stereocenters. The second-order valence-electron chi connectivity index (χ2n) is 5.99. The van der Waals surface area contributed by atoms with Crippen LogP contribution in [0.1, 0.15) is 52.9 Å². The number of hydrogen-bond acceptors (Lipinski definition) is 1. The molecule has 1 aliphatic heterocycles. The standard InChI is InChI=1S/C12H22O/c1-12(2,3)7-6-9-4-5-10-11(8-9)13-10/h9-11H,4-8H2,1-3H3. The van der Waals surface area contributed by atoms with E-state index < -0.39 is 0 Å². The van der Waals surface area contributed by atoms with Crippen LogP contribution in [0.25, 0.3) is 0 Å². The summed E-state index contributed by atoms with van der Waals surface area (Å²) >= 11 is 0. The molecule has 0 aromatic heterocycles. The summed E-state index contributed by atoms with van der Waals surface area (Å²) in [4.78, 5) is 0. The lowest BCUT2D eigenvalue weighted by molar-refractivity contribution is 0.284. The minimum atomic E-state index is 0.515. The van der Waals surface area contributed by atoms with Crippen LogP contribution in [0.3, 0.4) is 0 Å². The van der Waals surface area contributed by atoms with Gasteiger partial charge in [-0.2, -0.15) is 0 Å². The maximum atomic E-state index is 5.54. The van der Waals surface area contributed by atoms with Gasteiger partial charge in [0.1, 0.15) is 0 Å². The van der Waals surface area contributed by atoms with Gasteiger partial charge in [0.25, 0.3) is 0 Å². The van der Waals surface area contributed by atoms with Crippen molar-refractivity contribution < 1.29 is 4.74 Å². The number of fused-ring (bicyclic) bond motifs is 1. The van der Waals surface area contributed by atoms with Gasteiger partial charge in [0, 0.05) is 0 Å². The Hall–Kier alpha value is -0.0400. The molecule has 0 spiro atoms. The second kappa shape index (κ2) is 3.27. The van der Waals surface area contributed by atoms with Gasteiger partial charge in [-0.1, -0.05) is 20.8 Å². The van der Waals surface area contributed by atoms with Crippen LogP contribution in [0.15, 0.2) is 0 Å². The fourth-order valence-corrected chi connectivity index (χ4v) is 2.39. The van der Waals surface area contributed by atoms with Crippen LogP contribution in [0.2, 0.25) is 0 Å². The molecule has 2 rings (SSSR count). The molecule has 0 N–H and O–H groups in total. The smallest absolute Gasteiger partial charge is 0.0844 e. The predicted octanol–water partition coefficient (Wildman–Crippen LogP) is 3.38. The highest BCUT2D eigenvalue weighted by Crippen LogP contribution is 2.41. The Bertz CT molecular complexity index is 180. The van der Waals surface area contributed by atoms with Crippen LogP contribution in [0, 0.1) is 11.3 Å². The van der Waals surface area contributed by atoms with Gasteiger partial charge < -0.3 is 4.74 Å². The van der Waals surface area contributed by atoms with Gasteiger partial charge in [-0.15, -0.1) is 0 Å². The molecule has 0 amide bonds. The minimum absolute atomic E-state index is 0.515. The topological polar surface area (TPSA) is 12.5 Å². The largest absolute Gasteiger partial charge is 0.370 e. The lowest BCUT2D eigenvalue weighted by Crippen LogP contribution is -2.16. The van der Waals surface area contributed by atoms with Crippen molar-refractivity contribution in [3.63, 3.8) is 0 Å². The van der Waals surface area contributed by atoms with E-state index in [9.17, 15) is 0 Å². The van der Waals surface area contributed by atoms with Crippen molar-refractivity contribution in [2.75, 3.05) is 0 Å². The van der Waals surface area contributed by atoms with E-state index in [1.165, 1.54) is 32.1 Å². The van der Waals surface area contributed by atoms with E-state index in [0.717, 1.165) is 5.92 Å². The molecule has 1 saturated carbocycles. The highest BCUT2D eigenvalue weighted by molar-refractivity contribution is 4.91. The Morgan fingerprint density at radius 1 is 1.15 bits per heavy atom. The average Bonchev–Trinajstić information content (AvgIpc) is 2.76. The number of rotatable bonds is 2. The van der Waals surface area contributed by atoms with Gasteiger partial charge in [0.15, 0.2) is 0 Å². The van der Waals surface area contributed by atoms with Gasteiger partial charge >= 0.3 is 0 Å². The van der Waals surface area contributed by atoms with E-state index in [1.54, 1.807) is 0 Å². The Morgan fingerprint density at radius 3 is 2.54 bits per heavy atom. The lowest BCUT2D eigenvalue weighted by Gasteiger charge is -2.24. The molecular formula is C12H22O. The summed E-state index contributed by atoms with van der Waals surface area (Å²) in [6.07, 6.45) is 8.22. The summed E-state index contributed by atoms with van der Waals surface area (Å²) in [6.45, 7) is 7.02. The molecule has 3 atom stereocenters. The van der Waals surface area contributed by atoms with Crippen molar-refractivity contribution >= 4 is 0 Å². The van der Waals surface area contributed by atoms with E-state index in [1.807, 2.05) is 0 Å². The first-order chi connectivity index (χ1) is 6.04. The van der Waals surface area contributed by atoms with Gasteiger partial charge in [-0.25, -0.2) is 0 Å². The van der Waals surface area contributed by atoms with Crippen LogP contribution in [0.4, 0.5) is 0 Å². The van der Waals surface area contributed by atoms with E-state index >= 15 is 0 Å². The quantitative estimate of drug-likeness (QED) is 0.596. The van der Waals surface area contributed by atoms with Crippen LogP contribution in [-0.4, -0.2) is 12.2 Å². The molecule has 0 aromatic carbocycles. The van der Waals surface area contributed by atoms with Crippen molar-refractivity contribution in [3.8, 4) is 0 Å². The van der Waals surface area contributed by atoms with Gasteiger partial charge in [0.2, 0.25) is 0 Å². The highest BCUT2D eigenvalue weighted by Gasteiger charge is 2.43. The second-order valence-corrected chi connectivity index (χ2v) is 5.99. The maximum absolute atomic E-state index is 5.54. The van der Waals surface area contributed by atoms with E-state index in [4.69, 9.17) is 4.74 Å². The number of epoxide rings is 1. The van der Waals surface area contributed by atoms with Crippen molar-refractivity contribution in [3.05, 3.63) is 0 Å². The van der Waals surface area contributed by atoms with Crippen molar-refractivity contribution in [1.29, 1.82) is 0 Å². The average molecular weight is 182 g/mol. The molecule has 1 nitrogen and oxygen atoms in total. The SMILES string of the molecule is CC(C)(C)CCC1CCC2OC2C1. The Kier molecular flexibility index (Phi) is 2.39. The summed E-state index contributed by atoms with van der Waals surface area (Å²) in [5.74, 6) is 0.961. The van der Waals surface area contributed by atoms with Gasteiger partial charge in [0.05, 0.1) is 12.2 Å². The van der Waals surface area contributed by atoms with Crippen molar-refractivity contribution in [2.24, 2.45) is 11.3 Å². The Morgan fingerprint density at radius 2 is 1.92 bits per heavy atom. The fourth-order valence-electron chi connectivity index (χ4n) is 2.39. The fraction of sp³-hybridized carbons (Fsp3) is 1.00. The zero-order valence-electron chi connectivity index (χ0n) is 9.18. The Balaban J connectivity index is 1.70. The normalized spacial score (nSPS) is 38.5. The molecule has 2 aliphatic rings. The molecule has 0 bridgehead atoms. The summed E-state index contributed by atoms with van der Waals surface area (Å²) in [5.41, 5.74) is 0.515. The van der Waals surface area contributed by atoms with Crippen LogP contribution in [-0.2, 0) is 4.74 Å². The molecule has 1 heteroatoms. The summed E-state index contributed by atoms with van der Waals surface area (Å²) < 4.78 is 5.54.